The van der Waals surface area contributed by atoms with E-state index < -0.39 is 12.0 Å². The molecule has 0 spiro atoms. The van der Waals surface area contributed by atoms with Crippen molar-refractivity contribution in [1.82, 2.24) is 4.90 Å². The van der Waals surface area contributed by atoms with E-state index in [1.807, 2.05) is 31.9 Å². The molecule has 0 aliphatic rings. The summed E-state index contributed by atoms with van der Waals surface area (Å²) in [5.41, 5.74) is 1.05. The number of nitrogens with zero attached hydrogens (tertiary/aromatic N) is 1. The van der Waals surface area contributed by atoms with Gasteiger partial charge in [0.05, 0.1) is 6.26 Å². The zero-order chi connectivity index (χ0) is 12.1. The summed E-state index contributed by atoms with van der Waals surface area (Å²) in [6.45, 7) is 4.49. The number of aliphatic carboxylic acids is 1. The SMILES string of the molecule is CCCC(C(=O)O)N(C)Cc1ccoc1C. The van der Waals surface area contributed by atoms with Crippen molar-refractivity contribution in [3.8, 4) is 0 Å². The van der Waals surface area contributed by atoms with Crippen molar-refractivity contribution in [1.29, 1.82) is 0 Å². The monoisotopic (exact) mass is 225 g/mol. The van der Waals surface area contributed by atoms with Crippen LogP contribution in [-0.2, 0) is 11.3 Å². The number of rotatable bonds is 6. The normalized spacial score (nSPS) is 13.0. The standard InChI is InChI=1S/C12H19NO3/c1-4-5-11(12(14)15)13(3)8-10-6-7-16-9(10)2/h6-7,11H,4-5,8H2,1-3H3,(H,14,15). The summed E-state index contributed by atoms with van der Waals surface area (Å²) in [6, 6.07) is 1.47. The molecule has 1 rings (SSSR count). The first-order chi connectivity index (χ1) is 7.56. The number of furan rings is 1. The van der Waals surface area contributed by atoms with Gasteiger partial charge in [-0.15, -0.1) is 0 Å². The van der Waals surface area contributed by atoms with Crippen LogP contribution in [0.5, 0.6) is 0 Å². The highest BCUT2D eigenvalue weighted by molar-refractivity contribution is 5.73. The van der Waals surface area contributed by atoms with E-state index in [0.29, 0.717) is 13.0 Å². The zero-order valence-electron chi connectivity index (χ0n) is 10.1. The Bertz CT molecular complexity index is 346. The van der Waals surface area contributed by atoms with E-state index in [1.54, 1.807) is 6.26 Å². The lowest BCUT2D eigenvalue weighted by Gasteiger charge is -2.23. The topological polar surface area (TPSA) is 53.7 Å². The third-order valence-corrected chi connectivity index (χ3v) is 2.77. The van der Waals surface area contributed by atoms with Gasteiger partial charge in [0.15, 0.2) is 0 Å². The van der Waals surface area contributed by atoms with Crippen LogP contribution in [0, 0.1) is 6.92 Å². The first-order valence-electron chi connectivity index (χ1n) is 5.52. The molecule has 0 bridgehead atoms. The number of aryl methyl sites for hydroxylation is 1. The predicted molar refractivity (Wildman–Crippen MR) is 61.2 cm³/mol. The van der Waals surface area contributed by atoms with E-state index in [1.165, 1.54) is 0 Å². The Morgan fingerprint density at radius 2 is 2.31 bits per heavy atom. The van der Waals surface area contributed by atoms with Crippen LogP contribution in [-0.4, -0.2) is 29.1 Å². The highest BCUT2D eigenvalue weighted by Crippen LogP contribution is 2.14. The molecule has 1 aromatic rings. The van der Waals surface area contributed by atoms with Gasteiger partial charge in [-0.2, -0.15) is 0 Å². The second kappa shape index (κ2) is 5.70. The third-order valence-electron chi connectivity index (χ3n) is 2.77. The van der Waals surface area contributed by atoms with Gasteiger partial charge in [0, 0.05) is 12.1 Å². The molecule has 4 nitrogen and oxygen atoms in total. The summed E-state index contributed by atoms with van der Waals surface area (Å²) in [5, 5.41) is 9.11. The van der Waals surface area contributed by atoms with Crippen LogP contribution in [0.15, 0.2) is 16.7 Å². The first-order valence-corrected chi connectivity index (χ1v) is 5.52. The average molecular weight is 225 g/mol. The molecule has 0 aliphatic heterocycles. The minimum atomic E-state index is -0.759. The highest BCUT2D eigenvalue weighted by atomic mass is 16.4. The number of likely N-dealkylation sites (N-methyl/N-ethyl adjacent to an activating group) is 1. The molecular formula is C12H19NO3. The lowest BCUT2D eigenvalue weighted by Crippen LogP contribution is -2.37. The second-order valence-corrected chi connectivity index (χ2v) is 4.06. The minimum absolute atomic E-state index is 0.417. The summed E-state index contributed by atoms with van der Waals surface area (Å²) < 4.78 is 5.19. The van der Waals surface area contributed by atoms with E-state index in [-0.39, 0.29) is 0 Å². The summed E-state index contributed by atoms with van der Waals surface area (Å²) in [6.07, 6.45) is 3.17. The average Bonchev–Trinajstić information content (AvgIpc) is 2.60. The van der Waals surface area contributed by atoms with Gasteiger partial charge in [-0.1, -0.05) is 13.3 Å². The molecule has 1 N–H and O–H groups in total. The molecule has 4 heteroatoms. The van der Waals surface area contributed by atoms with Crippen molar-refractivity contribution in [3.63, 3.8) is 0 Å². The maximum atomic E-state index is 11.1. The molecule has 0 fully saturated rings. The van der Waals surface area contributed by atoms with E-state index in [9.17, 15) is 4.79 Å². The van der Waals surface area contributed by atoms with Crippen molar-refractivity contribution in [2.75, 3.05) is 7.05 Å². The second-order valence-electron chi connectivity index (χ2n) is 4.06. The predicted octanol–water partition coefficient (Wildman–Crippen LogP) is 2.27. The van der Waals surface area contributed by atoms with Gasteiger partial charge >= 0.3 is 5.97 Å². The minimum Gasteiger partial charge on any atom is -0.480 e. The fraction of sp³-hybridized carbons (Fsp3) is 0.583. The van der Waals surface area contributed by atoms with Crippen LogP contribution in [0.1, 0.15) is 31.1 Å². The maximum Gasteiger partial charge on any atom is 0.320 e. The quantitative estimate of drug-likeness (QED) is 0.807. The molecule has 1 atom stereocenters. The molecule has 1 unspecified atom stereocenters. The summed E-state index contributed by atoms with van der Waals surface area (Å²) >= 11 is 0. The number of hydrogen-bond acceptors (Lipinski definition) is 3. The van der Waals surface area contributed by atoms with Crippen LogP contribution in [0.3, 0.4) is 0 Å². The van der Waals surface area contributed by atoms with Gasteiger partial charge in [0.2, 0.25) is 0 Å². The van der Waals surface area contributed by atoms with Gasteiger partial charge in [-0.3, -0.25) is 9.69 Å². The van der Waals surface area contributed by atoms with Gasteiger partial charge < -0.3 is 9.52 Å². The van der Waals surface area contributed by atoms with Crippen molar-refractivity contribution < 1.29 is 14.3 Å². The van der Waals surface area contributed by atoms with Crippen LogP contribution < -0.4 is 0 Å². The number of carbonyl (C=O) groups is 1. The Balaban J connectivity index is 2.65. The molecule has 1 heterocycles. The summed E-state index contributed by atoms with van der Waals surface area (Å²) in [4.78, 5) is 12.9. The van der Waals surface area contributed by atoms with Crippen LogP contribution in [0.4, 0.5) is 0 Å². The van der Waals surface area contributed by atoms with E-state index in [4.69, 9.17) is 9.52 Å². The molecular weight excluding hydrogens is 206 g/mol. The van der Waals surface area contributed by atoms with Gasteiger partial charge in [-0.25, -0.2) is 0 Å². The molecule has 1 aromatic heterocycles. The highest BCUT2D eigenvalue weighted by Gasteiger charge is 2.22. The first kappa shape index (κ1) is 12.8. The van der Waals surface area contributed by atoms with Crippen molar-refractivity contribution in [2.45, 2.75) is 39.3 Å². The van der Waals surface area contributed by atoms with Crippen LogP contribution in [0.25, 0.3) is 0 Å². The Kier molecular flexibility index (Phi) is 4.55. The van der Waals surface area contributed by atoms with Crippen LogP contribution in [0.2, 0.25) is 0 Å². The molecule has 0 saturated carbocycles. The molecule has 0 radical (unpaired) electrons. The molecule has 90 valence electrons. The number of carboxylic acids is 1. The molecule has 0 amide bonds. The van der Waals surface area contributed by atoms with Crippen LogP contribution >= 0.6 is 0 Å². The Labute approximate surface area is 95.9 Å². The lowest BCUT2D eigenvalue weighted by atomic mass is 10.1. The largest absolute Gasteiger partial charge is 0.480 e. The Morgan fingerprint density at radius 3 is 2.75 bits per heavy atom. The molecule has 16 heavy (non-hydrogen) atoms. The van der Waals surface area contributed by atoms with Crippen molar-refractivity contribution in [2.24, 2.45) is 0 Å². The van der Waals surface area contributed by atoms with E-state index in [2.05, 4.69) is 0 Å². The molecule has 0 saturated heterocycles. The zero-order valence-corrected chi connectivity index (χ0v) is 10.1. The van der Waals surface area contributed by atoms with Gasteiger partial charge in [-0.05, 0) is 26.5 Å². The third kappa shape index (κ3) is 3.10. The Hall–Kier alpha value is -1.29. The molecule has 0 aliphatic carbocycles. The maximum absolute atomic E-state index is 11.1. The van der Waals surface area contributed by atoms with Crippen molar-refractivity contribution in [3.05, 3.63) is 23.7 Å². The van der Waals surface area contributed by atoms with E-state index >= 15 is 0 Å². The summed E-state index contributed by atoms with van der Waals surface area (Å²) in [5.74, 6) is 0.0954. The number of hydrogen-bond donors (Lipinski definition) is 1. The smallest absolute Gasteiger partial charge is 0.320 e. The van der Waals surface area contributed by atoms with Crippen molar-refractivity contribution >= 4 is 5.97 Å². The summed E-state index contributed by atoms with van der Waals surface area (Å²) in [7, 11) is 1.83. The fourth-order valence-corrected chi connectivity index (χ4v) is 1.76. The Morgan fingerprint density at radius 1 is 1.62 bits per heavy atom. The molecule has 0 aromatic carbocycles. The van der Waals surface area contributed by atoms with Gasteiger partial charge in [0.1, 0.15) is 11.8 Å². The number of carboxylic acid groups (broad SMARTS) is 1. The van der Waals surface area contributed by atoms with E-state index in [0.717, 1.165) is 17.7 Å². The van der Waals surface area contributed by atoms with Gasteiger partial charge in [0.25, 0.3) is 0 Å². The fourth-order valence-electron chi connectivity index (χ4n) is 1.76. The lowest BCUT2D eigenvalue weighted by molar-refractivity contribution is -0.143.